The topological polar surface area (TPSA) is 0 Å². The molecule has 256 valence electrons. The summed E-state index contributed by atoms with van der Waals surface area (Å²) in [5, 5.41) is 7.99. The minimum absolute atomic E-state index is 0.135. The fourth-order valence-electron chi connectivity index (χ4n) is 10.2. The van der Waals surface area contributed by atoms with Crippen LogP contribution in [0.4, 0.5) is 0 Å². The molecule has 0 unspecified atom stereocenters. The molecule has 0 heteroatoms. The molecule has 10 aromatic carbocycles. The molecule has 55 heavy (non-hydrogen) atoms. The van der Waals surface area contributed by atoms with Crippen LogP contribution in [-0.4, -0.2) is 0 Å². The third-order valence-corrected chi connectivity index (χ3v) is 12.8. The maximum Gasteiger partial charge on any atom is 0.0296 e. The summed E-state index contributed by atoms with van der Waals surface area (Å²) >= 11 is 0. The van der Waals surface area contributed by atoms with Gasteiger partial charge in [0, 0.05) is 5.41 Å². The molecule has 0 aliphatic heterocycles. The molecule has 0 N–H and O–H groups in total. The van der Waals surface area contributed by atoms with Crippen LogP contribution in [0.2, 0.25) is 0 Å². The molecule has 0 bridgehead atoms. The minimum atomic E-state index is -0.135. The summed E-state index contributed by atoms with van der Waals surface area (Å²) in [6.45, 7) is 0. The van der Waals surface area contributed by atoms with E-state index in [2.05, 4.69) is 194 Å². The van der Waals surface area contributed by atoms with E-state index in [0.717, 1.165) is 12.8 Å². The van der Waals surface area contributed by atoms with Gasteiger partial charge in [-0.25, -0.2) is 0 Å². The fraction of sp³-hybridized carbons (Fsp3) is 0.0545. The second-order valence-electron chi connectivity index (χ2n) is 15.7. The summed E-state index contributed by atoms with van der Waals surface area (Å²) in [6.07, 6.45) is 2.02. The van der Waals surface area contributed by atoms with Crippen molar-refractivity contribution in [3.63, 3.8) is 0 Å². The quantitative estimate of drug-likeness (QED) is 0.161. The standard InChI is InChI=1S/C55H36/c1-3-10-35(11-4-1)44-28-45(36-12-5-2-6-13-36)30-46(29-44)40-22-25-48-49-26-23-41(32-52(49)55(51(48)31-40)33-42-14-7-8-15-43(42)34-55)47-24-20-39-19-18-37-16-9-17-38-21-27-50(47)54(39)53(37)38/h1-32H,33-34H2. The zero-order valence-electron chi connectivity index (χ0n) is 30.4. The minimum Gasteiger partial charge on any atom is -0.0622 e. The van der Waals surface area contributed by atoms with E-state index in [-0.39, 0.29) is 5.41 Å². The van der Waals surface area contributed by atoms with Crippen molar-refractivity contribution in [1.29, 1.82) is 0 Å². The van der Waals surface area contributed by atoms with E-state index in [9.17, 15) is 0 Å². The highest BCUT2D eigenvalue weighted by Gasteiger charge is 2.47. The van der Waals surface area contributed by atoms with Crippen molar-refractivity contribution in [2.45, 2.75) is 18.3 Å². The van der Waals surface area contributed by atoms with Crippen LogP contribution in [0.25, 0.3) is 88.0 Å². The maximum atomic E-state index is 2.55. The van der Waals surface area contributed by atoms with Gasteiger partial charge in [0.05, 0.1) is 0 Å². The molecule has 2 aliphatic rings. The van der Waals surface area contributed by atoms with Gasteiger partial charge in [0.15, 0.2) is 0 Å². The lowest BCUT2D eigenvalue weighted by atomic mass is 9.74. The number of rotatable bonds is 4. The highest BCUT2D eigenvalue weighted by molar-refractivity contribution is 6.25. The van der Waals surface area contributed by atoms with Crippen LogP contribution in [0.5, 0.6) is 0 Å². The van der Waals surface area contributed by atoms with E-state index in [1.807, 2.05) is 0 Å². The third-order valence-electron chi connectivity index (χ3n) is 12.8. The lowest BCUT2D eigenvalue weighted by Crippen LogP contribution is -2.26. The van der Waals surface area contributed by atoms with E-state index >= 15 is 0 Å². The third kappa shape index (κ3) is 4.58. The van der Waals surface area contributed by atoms with E-state index < -0.39 is 0 Å². The Morgan fingerprint density at radius 3 is 1.38 bits per heavy atom. The molecule has 0 heterocycles. The van der Waals surface area contributed by atoms with E-state index in [0.29, 0.717) is 0 Å². The molecule has 0 amide bonds. The summed E-state index contributed by atoms with van der Waals surface area (Å²) in [5.41, 5.74) is 18.5. The summed E-state index contributed by atoms with van der Waals surface area (Å²) in [6, 6.07) is 73.1. The van der Waals surface area contributed by atoms with Crippen LogP contribution in [-0.2, 0) is 18.3 Å². The van der Waals surface area contributed by atoms with E-state index in [1.54, 1.807) is 0 Å². The molecule has 0 fully saturated rings. The Labute approximate surface area is 321 Å². The van der Waals surface area contributed by atoms with Gasteiger partial charge in [0.25, 0.3) is 0 Å². The molecule has 12 rings (SSSR count). The zero-order valence-corrected chi connectivity index (χ0v) is 30.4. The van der Waals surface area contributed by atoms with Crippen molar-refractivity contribution in [3.05, 3.63) is 216 Å². The number of fused-ring (bicyclic) bond motifs is 6. The van der Waals surface area contributed by atoms with Crippen LogP contribution >= 0.6 is 0 Å². The van der Waals surface area contributed by atoms with Gasteiger partial charge in [-0.3, -0.25) is 0 Å². The van der Waals surface area contributed by atoms with Gasteiger partial charge in [0.1, 0.15) is 0 Å². The van der Waals surface area contributed by atoms with Crippen LogP contribution < -0.4 is 0 Å². The van der Waals surface area contributed by atoms with Gasteiger partial charge in [0.2, 0.25) is 0 Å². The van der Waals surface area contributed by atoms with E-state index in [1.165, 1.54) is 110 Å². The first-order valence-corrected chi connectivity index (χ1v) is 19.5. The largest absolute Gasteiger partial charge is 0.0622 e. The Kier molecular flexibility index (Phi) is 6.48. The van der Waals surface area contributed by atoms with Crippen LogP contribution in [0.1, 0.15) is 22.3 Å². The van der Waals surface area contributed by atoms with Crippen molar-refractivity contribution in [1.82, 2.24) is 0 Å². The predicted octanol–water partition coefficient (Wildman–Crippen LogP) is 14.3. The Bertz CT molecular complexity index is 3030. The smallest absolute Gasteiger partial charge is 0.0296 e. The van der Waals surface area contributed by atoms with Crippen molar-refractivity contribution >= 4 is 32.3 Å². The molecule has 0 saturated heterocycles. The van der Waals surface area contributed by atoms with Gasteiger partial charge in [-0.05, 0) is 153 Å². The Morgan fingerprint density at radius 1 is 0.291 bits per heavy atom. The molecule has 2 aliphatic carbocycles. The zero-order chi connectivity index (χ0) is 36.1. The molecular weight excluding hydrogens is 661 g/mol. The van der Waals surface area contributed by atoms with Crippen LogP contribution in [0.15, 0.2) is 194 Å². The Balaban J connectivity index is 1.05. The van der Waals surface area contributed by atoms with Gasteiger partial charge in [-0.2, -0.15) is 0 Å². The fourth-order valence-corrected chi connectivity index (χ4v) is 10.2. The first-order chi connectivity index (χ1) is 27.2. The summed E-state index contributed by atoms with van der Waals surface area (Å²) < 4.78 is 0. The summed E-state index contributed by atoms with van der Waals surface area (Å²) in [5.74, 6) is 0. The average Bonchev–Trinajstić information content (AvgIpc) is 3.78. The Hall–Kier alpha value is -6.76. The monoisotopic (exact) mass is 696 g/mol. The molecular formula is C55H36. The summed E-state index contributed by atoms with van der Waals surface area (Å²) in [7, 11) is 0. The van der Waals surface area contributed by atoms with Gasteiger partial charge >= 0.3 is 0 Å². The lowest BCUT2D eigenvalue weighted by Gasteiger charge is -2.28. The van der Waals surface area contributed by atoms with Crippen molar-refractivity contribution in [3.8, 4) is 55.6 Å². The molecule has 10 aromatic rings. The highest BCUT2D eigenvalue weighted by Crippen LogP contribution is 2.57. The van der Waals surface area contributed by atoms with Gasteiger partial charge in [-0.1, -0.05) is 164 Å². The van der Waals surface area contributed by atoms with Gasteiger partial charge in [-0.15, -0.1) is 0 Å². The van der Waals surface area contributed by atoms with E-state index in [4.69, 9.17) is 0 Å². The number of hydrogen-bond acceptors (Lipinski definition) is 0. The number of benzene rings is 10. The lowest BCUT2D eigenvalue weighted by molar-refractivity contribution is 0.564. The normalized spacial score (nSPS) is 13.8. The van der Waals surface area contributed by atoms with Crippen molar-refractivity contribution < 1.29 is 0 Å². The molecule has 0 radical (unpaired) electrons. The second-order valence-corrected chi connectivity index (χ2v) is 15.7. The molecule has 0 saturated carbocycles. The molecule has 0 nitrogen and oxygen atoms in total. The van der Waals surface area contributed by atoms with Crippen LogP contribution in [0.3, 0.4) is 0 Å². The maximum absolute atomic E-state index is 2.55. The first kappa shape index (κ1) is 30.7. The van der Waals surface area contributed by atoms with Crippen LogP contribution in [0, 0.1) is 0 Å². The number of hydrogen-bond donors (Lipinski definition) is 0. The SMILES string of the molecule is c1ccc(-c2cc(-c3ccccc3)cc(-c3ccc4c(c3)C3(Cc5ccccc5C3)c3cc(-c5ccc6ccc7cccc8ccc5c6c78)ccc3-4)c2)cc1. The predicted molar refractivity (Wildman–Crippen MR) is 232 cm³/mol. The second kappa shape index (κ2) is 11.6. The highest BCUT2D eigenvalue weighted by atomic mass is 14.5. The van der Waals surface area contributed by atoms with Gasteiger partial charge < -0.3 is 0 Å². The van der Waals surface area contributed by atoms with Crippen molar-refractivity contribution in [2.24, 2.45) is 0 Å². The average molecular weight is 697 g/mol. The molecule has 1 spiro atoms. The molecule has 0 aromatic heterocycles. The summed E-state index contributed by atoms with van der Waals surface area (Å²) in [4.78, 5) is 0. The first-order valence-electron chi connectivity index (χ1n) is 19.5. The van der Waals surface area contributed by atoms with Crippen molar-refractivity contribution in [2.75, 3.05) is 0 Å². The Morgan fingerprint density at radius 2 is 0.764 bits per heavy atom. The molecule has 0 atom stereocenters.